The third kappa shape index (κ3) is 2.88. The van der Waals surface area contributed by atoms with Crippen molar-refractivity contribution in [3.8, 4) is 0 Å². The fourth-order valence-electron chi connectivity index (χ4n) is 2.53. The minimum absolute atomic E-state index is 0.173. The summed E-state index contributed by atoms with van der Waals surface area (Å²) in [4.78, 5) is 0. The maximum absolute atomic E-state index is 11.4. The second kappa shape index (κ2) is 3.93. The van der Waals surface area contributed by atoms with Gasteiger partial charge in [-0.3, -0.25) is 0 Å². The van der Waals surface area contributed by atoms with Gasteiger partial charge in [0.15, 0.2) is 9.84 Å². The molecule has 15 heavy (non-hydrogen) atoms. The lowest BCUT2D eigenvalue weighted by Crippen LogP contribution is -2.49. The molecule has 0 aromatic heterocycles. The first-order valence-corrected chi connectivity index (χ1v) is 8.35. The van der Waals surface area contributed by atoms with E-state index in [-0.39, 0.29) is 5.54 Å². The molecule has 3 unspecified atom stereocenters. The normalized spacial score (nSPS) is 44.7. The molecule has 0 aromatic rings. The quantitative estimate of drug-likeness (QED) is 0.794. The van der Waals surface area contributed by atoms with Crippen molar-refractivity contribution in [1.82, 2.24) is 5.32 Å². The molecular formula is C10H19NO2S2. The SMILES string of the molecule is CC1CC(NC2(C)CCS(=O)(=O)C2)CS1. The number of hydrogen-bond acceptors (Lipinski definition) is 4. The Bertz CT molecular complexity index is 341. The second-order valence-corrected chi connectivity index (χ2v) is 8.78. The van der Waals surface area contributed by atoms with E-state index >= 15 is 0 Å². The first-order chi connectivity index (χ1) is 6.89. The molecule has 0 spiro atoms. The molecule has 2 heterocycles. The fraction of sp³-hybridized carbons (Fsp3) is 1.00. The third-order valence-corrected chi connectivity index (χ3v) is 6.51. The van der Waals surface area contributed by atoms with Crippen LogP contribution >= 0.6 is 11.8 Å². The van der Waals surface area contributed by atoms with Crippen LogP contribution in [-0.4, -0.2) is 42.5 Å². The summed E-state index contributed by atoms with van der Waals surface area (Å²) in [6.45, 7) is 4.28. The minimum atomic E-state index is -2.78. The van der Waals surface area contributed by atoms with Gasteiger partial charge in [0.1, 0.15) is 0 Å². The maximum atomic E-state index is 11.4. The summed E-state index contributed by atoms with van der Waals surface area (Å²) in [5, 5.41) is 4.25. The summed E-state index contributed by atoms with van der Waals surface area (Å²) in [6, 6.07) is 0.503. The molecule has 3 nitrogen and oxygen atoms in total. The summed E-state index contributed by atoms with van der Waals surface area (Å²) < 4.78 is 22.9. The highest BCUT2D eigenvalue weighted by molar-refractivity contribution is 8.00. The molecule has 0 aromatic carbocycles. The largest absolute Gasteiger partial charge is 0.307 e. The average molecular weight is 249 g/mol. The zero-order valence-corrected chi connectivity index (χ0v) is 11.0. The third-order valence-electron chi connectivity index (χ3n) is 3.25. The highest BCUT2D eigenvalue weighted by Crippen LogP contribution is 2.30. The van der Waals surface area contributed by atoms with E-state index in [0.29, 0.717) is 22.8 Å². The molecule has 2 rings (SSSR count). The molecule has 88 valence electrons. The van der Waals surface area contributed by atoms with Gasteiger partial charge in [0.25, 0.3) is 0 Å². The Balaban J connectivity index is 1.95. The Morgan fingerprint density at radius 2 is 2.20 bits per heavy atom. The van der Waals surface area contributed by atoms with Gasteiger partial charge >= 0.3 is 0 Å². The van der Waals surface area contributed by atoms with Crippen molar-refractivity contribution in [2.45, 2.75) is 43.5 Å². The van der Waals surface area contributed by atoms with Crippen LogP contribution in [-0.2, 0) is 9.84 Å². The zero-order valence-electron chi connectivity index (χ0n) is 9.32. The molecule has 5 heteroatoms. The van der Waals surface area contributed by atoms with Crippen LogP contribution < -0.4 is 5.32 Å². The Morgan fingerprint density at radius 1 is 1.47 bits per heavy atom. The number of rotatable bonds is 2. The van der Waals surface area contributed by atoms with Crippen molar-refractivity contribution in [2.75, 3.05) is 17.3 Å². The Hall–Kier alpha value is 0.260. The summed E-state index contributed by atoms with van der Waals surface area (Å²) in [7, 11) is -2.78. The molecule has 0 bridgehead atoms. The van der Waals surface area contributed by atoms with Gasteiger partial charge in [0, 0.05) is 22.6 Å². The minimum Gasteiger partial charge on any atom is -0.307 e. The molecule has 2 saturated heterocycles. The van der Waals surface area contributed by atoms with Gasteiger partial charge in [-0.15, -0.1) is 0 Å². The lowest BCUT2D eigenvalue weighted by Gasteiger charge is -2.28. The molecule has 0 saturated carbocycles. The molecule has 1 N–H and O–H groups in total. The first-order valence-electron chi connectivity index (χ1n) is 5.48. The number of sulfone groups is 1. The summed E-state index contributed by atoms with van der Waals surface area (Å²) >= 11 is 1.98. The van der Waals surface area contributed by atoms with E-state index in [4.69, 9.17) is 0 Å². The van der Waals surface area contributed by atoms with Gasteiger partial charge in [0.2, 0.25) is 0 Å². The first kappa shape index (κ1) is 11.7. The van der Waals surface area contributed by atoms with Gasteiger partial charge in [-0.1, -0.05) is 6.92 Å². The number of hydrogen-bond donors (Lipinski definition) is 1. The standard InChI is InChI=1S/C10H19NO2S2/c1-8-5-9(6-14-8)11-10(2)3-4-15(12,13)7-10/h8-9,11H,3-7H2,1-2H3. The molecule has 2 aliphatic heterocycles. The predicted molar refractivity (Wildman–Crippen MR) is 65.1 cm³/mol. The van der Waals surface area contributed by atoms with Crippen LogP contribution in [0.2, 0.25) is 0 Å². The lowest BCUT2D eigenvalue weighted by atomic mass is 10.00. The highest BCUT2D eigenvalue weighted by atomic mass is 32.2. The van der Waals surface area contributed by atoms with E-state index in [0.717, 1.165) is 12.2 Å². The van der Waals surface area contributed by atoms with Crippen LogP contribution in [0.25, 0.3) is 0 Å². The van der Waals surface area contributed by atoms with Crippen molar-refractivity contribution >= 4 is 21.6 Å². The number of thioether (sulfide) groups is 1. The summed E-state index contributed by atoms with van der Waals surface area (Å²) in [6.07, 6.45) is 1.94. The monoisotopic (exact) mass is 249 g/mol. The van der Waals surface area contributed by atoms with E-state index in [2.05, 4.69) is 12.2 Å². The number of nitrogens with one attached hydrogen (secondary N) is 1. The van der Waals surface area contributed by atoms with E-state index in [1.807, 2.05) is 18.7 Å². The van der Waals surface area contributed by atoms with Crippen LogP contribution in [0.1, 0.15) is 26.7 Å². The van der Waals surface area contributed by atoms with Gasteiger partial charge in [0.05, 0.1) is 11.5 Å². The molecule has 3 atom stereocenters. The van der Waals surface area contributed by atoms with Crippen LogP contribution in [0.15, 0.2) is 0 Å². The van der Waals surface area contributed by atoms with E-state index in [1.165, 1.54) is 6.42 Å². The molecular weight excluding hydrogens is 230 g/mol. The molecule has 2 fully saturated rings. The van der Waals surface area contributed by atoms with Crippen molar-refractivity contribution < 1.29 is 8.42 Å². The van der Waals surface area contributed by atoms with Gasteiger partial charge in [-0.2, -0.15) is 11.8 Å². The molecule has 0 aliphatic carbocycles. The van der Waals surface area contributed by atoms with Crippen LogP contribution in [0.3, 0.4) is 0 Å². The average Bonchev–Trinajstić information content (AvgIpc) is 2.57. The van der Waals surface area contributed by atoms with E-state index in [1.54, 1.807) is 0 Å². The van der Waals surface area contributed by atoms with Crippen molar-refractivity contribution in [2.24, 2.45) is 0 Å². The van der Waals surface area contributed by atoms with Crippen LogP contribution in [0.4, 0.5) is 0 Å². The second-order valence-electron chi connectivity index (χ2n) is 5.12. The Labute approximate surface area is 96.3 Å². The zero-order chi connectivity index (χ0) is 11.1. The predicted octanol–water partition coefficient (Wildman–Crippen LogP) is 1.05. The smallest absolute Gasteiger partial charge is 0.152 e. The molecule has 2 aliphatic rings. The van der Waals surface area contributed by atoms with Gasteiger partial charge in [-0.25, -0.2) is 8.42 Å². The Kier molecular flexibility index (Phi) is 3.07. The van der Waals surface area contributed by atoms with Crippen molar-refractivity contribution in [3.05, 3.63) is 0 Å². The fourth-order valence-corrected chi connectivity index (χ4v) is 5.79. The maximum Gasteiger partial charge on any atom is 0.152 e. The van der Waals surface area contributed by atoms with Gasteiger partial charge < -0.3 is 5.32 Å². The van der Waals surface area contributed by atoms with E-state index in [9.17, 15) is 8.42 Å². The summed E-state index contributed by atoms with van der Waals surface area (Å²) in [5.41, 5.74) is -0.173. The van der Waals surface area contributed by atoms with Crippen LogP contribution in [0, 0.1) is 0 Å². The summed E-state index contributed by atoms with van der Waals surface area (Å²) in [5.74, 6) is 1.79. The Morgan fingerprint density at radius 3 is 2.67 bits per heavy atom. The van der Waals surface area contributed by atoms with Crippen molar-refractivity contribution in [1.29, 1.82) is 0 Å². The van der Waals surface area contributed by atoms with Crippen LogP contribution in [0.5, 0.6) is 0 Å². The lowest BCUT2D eigenvalue weighted by molar-refractivity contribution is 0.349. The topological polar surface area (TPSA) is 46.2 Å². The van der Waals surface area contributed by atoms with Gasteiger partial charge in [-0.05, 0) is 19.8 Å². The van der Waals surface area contributed by atoms with E-state index < -0.39 is 9.84 Å². The molecule has 0 radical (unpaired) electrons. The highest BCUT2D eigenvalue weighted by Gasteiger charge is 2.40. The molecule has 0 amide bonds. The van der Waals surface area contributed by atoms with Crippen molar-refractivity contribution in [3.63, 3.8) is 0 Å².